The fourth-order valence-corrected chi connectivity index (χ4v) is 2.18. The molecule has 0 unspecified atom stereocenters. The van der Waals surface area contributed by atoms with Crippen LogP contribution >= 0.6 is 0 Å². The molecule has 2 heterocycles. The molecule has 7 heteroatoms. The van der Waals surface area contributed by atoms with Crippen LogP contribution in [0, 0.1) is 0 Å². The molecule has 0 radical (unpaired) electrons. The van der Waals surface area contributed by atoms with Gasteiger partial charge in [-0.15, -0.1) is 0 Å². The number of aryl methyl sites for hydroxylation is 1. The fraction of sp³-hybridized carbons (Fsp3) is 0.375. The van der Waals surface area contributed by atoms with Gasteiger partial charge in [0.2, 0.25) is 0 Å². The molecule has 0 atom stereocenters. The van der Waals surface area contributed by atoms with E-state index in [0.29, 0.717) is 18.7 Å². The predicted octanol–water partition coefficient (Wildman–Crippen LogP) is 1.37. The number of nitrogens with zero attached hydrogens (tertiary/aromatic N) is 4. The highest BCUT2D eigenvalue weighted by molar-refractivity contribution is 5.94. The topological polar surface area (TPSA) is 77.3 Å². The van der Waals surface area contributed by atoms with Crippen molar-refractivity contribution in [3.05, 3.63) is 48.8 Å². The molecule has 0 spiro atoms. The summed E-state index contributed by atoms with van der Waals surface area (Å²) in [5, 5.41) is 0. The SMILES string of the molecule is COC(=O)CCN(CCCn1ccnc1)C(=O)c1ccncc1. The smallest absolute Gasteiger partial charge is 0.307 e. The van der Waals surface area contributed by atoms with Crippen LogP contribution in [0.2, 0.25) is 0 Å². The Bertz CT molecular complexity index is 614. The third kappa shape index (κ3) is 5.21. The maximum Gasteiger partial charge on any atom is 0.307 e. The van der Waals surface area contributed by atoms with Crippen LogP contribution in [0.3, 0.4) is 0 Å². The van der Waals surface area contributed by atoms with Crippen LogP contribution in [-0.4, -0.2) is 51.5 Å². The molecule has 0 saturated heterocycles. The summed E-state index contributed by atoms with van der Waals surface area (Å²) in [6.07, 6.45) is 9.45. The molecule has 0 fully saturated rings. The van der Waals surface area contributed by atoms with Crippen molar-refractivity contribution in [1.29, 1.82) is 0 Å². The summed E-state index contributed by atoms with van der Waals surface area (Å²) in [5.41, 5.74) is 0.562. The summed E-state index contributed by atoms with van der Waals surface area (Å²) in [5.74, 6) is -0.436. The molecule has 122 valence electrons. The van der Waals surface area contributed by atoms with Gasteiger partial charge < -0.3 is 14.2 Å². The van der Waals surface area contributed by atoms with E-state index in [9.17, 15) is 9.59 Å². The van der Waals surface area contributed by atoms with Gasteiger partial charge in [-0.05, 0) is 18.6 Å². The van der Waals surface area contributed by atoms with Crippen LogP contribution in [0.15, 0.2) is 43.2 Å². The van der Waals surface area contributed by atoms with E-state index in [2.05, 4.69) is 14.7 Å². The van der Waals surface area contributed by atoms with Crippen molar-refractivity contribution < 1.29 is 14.3 Å². The summed E-state index contributed by atoms with van der Waals surface area (Å²) in [6, 6.07) is 3.34. The second kappa shape index (κ2) is 8.67. The van der Waals surface area contributed by atoms with Crippen molar-refractivity contribution in [3.63, 3.8) is 0 Å². The number of carbonyl (C=O) groups is 2. The molecule has 2 aromatic heterocycles. The average molecular weight is 316 g/mol. The van der Waals surface area contributed by atoms with Crippen LogP contribution < -0.4 is 0 Å². The number of rotatable bonds is 8. The van der Waals surface area contributed by atoms with Gasteiger partial charge in [0.15, 0.2) is 0 Å². The van der Waals surface area contributed by atoms with Gasteiger partial charge >= 0.3 is 5.97 Å². The third-order valence-electron chi connectivity index (χ3n) is 3.43. The number of methoxy groups -OCH3 is 1. The second-order valence-electron chi connectivity index (χ2n) is 5.01. The van der Waals surface area contributed by atoms with E-state index < -0.39 is 0 Å². The summed E-state index contributed by atoms with van der Waals surface area (Å²) in [7, 11) is 1.34. The molecule has 7 nitrogen and oxygen atoms in total. The van der Waals surface area contributed by atoms with E-state index in [4.69, 9.17) is 0 Å². The normalized spacial score (nSPS) is 10.3. The van der Waals surface area contributed by atoms with Gasteiger partial charge in [0.05, 0.1) is 19.9 Å². The summed E-state index contributed by atoms with van der Waals surface area (Å²) >= 11 is 0. The first-order valence-corrected chi connectivity index (χ1v) is 7.42. The van der Waals surface area contributed by atoms with Gasteiger partial charge in [0.1, 0.15) is 0 Å². The zero-order chi connectivity index (χ0) is 16.5. The quantitative estimate of drug-likeness (QED) is 0.688. The number of esters is 1. The lowest BCUT2D eigenvalue weighted by molar-refractivity contribution is -0.140. The monoisotopic (exact) mass is 316 g/mol. The van der Waals surface area contributed by atoms with E-state index in [1.807, 2.05) is 10.8 Å². The zero-order valence-electron chi connectivity index (χ0n) is 13.1. The number of hydrogen-bond donors (Lipinski definition) is 0. The number of hydrogen-bond acceptors (Lipinski definition) is 5. The summed E-state index contributed by atoms with van der Waals surface area (Å²) < 4.78 is 6.60. The van der Waals surface area contributed by atoms with E-state index in [-0.39, 0.29) is 18.3 Å². The molecule has 0 aromatic carbocycles. The van der Waals surface area contributed by atoms with Crippen LogP contribution in [0.25, 0.3) is 0 Å². The molecule has 0 aliphatic rings. The lowest BCUT2D eigenvalue weighted by Crippen LogP contribution is -2.34. The molecule has 0 aliphatic carbocycles. The van der Waals surface area contributed by atoms with E-state index >= 15 is 0 Å². The van der Waals surface area contributed by atoms with Gasteiger partial charge in [-0.3, -0.25) is 14.6 Å². The number of aromatic nitrogens is 3. The van der Waals surface area contributed by atoms with Crippen LogP contribution in [0.5, 0.6) is 0 Å². The van der Waals surface area contributed by atoms with Crippen LogP contribution in [-0.2, 0) is 16.1 Å². The Morgan fingerprint density at radius 1 is 1.17 bits per heavy atom. The highest BCUT2D eigenvalue weighted by atomic mass is 16.5. The van der Waals surface area contributed by atoms with Crippen molar-refractivity contribution in [2.24, 2.45) is 0 Å². The van der Waals surface area contributed by atoms with E-state index in [1.54, 1.807) is 42.0 Å². The number of imidazole rings is 1. The lowest BCUT2D eigenvalue weighted by atomic mass is 10.2. The maximum absolute atomic E-state index is 12.6. The first kappa shape index (κ1) is 16.7. The van der Waals surface area contributed by atoms with Gasteiger partial charge in [0.25, 0.3) is 5.91 Å². The molecule has 0 saturated carbocycles. The fourth-order valence-electron chi connectivity index (χ4n) is 2.18. The Hall–Kier alpha value is -2.70. The average Bonchev–Trinajstić information content (AvgIpc) is 3.11. The van der Waals surface area contributed by atoms with Crippen molar-refractivity contribution in [2.75, 3.05) is 20.2 Å². The predicted molar refractivity (Wildman–Crippen MR) is 83.6 cm³/mol. The van der Waals surface area contributed by atoms with Crippen molar-refractivity contribution in [1.82, 2.24) is 19.4 Å². The summed E-state index contributed by atoms with van der Waals surface area (Å²) in [6.45, 7) is 1.65. The Balaban J connectivity index is 1.95. The Kier molecular flexibility index (Phi) is 6.28. The second-order valence-corrected chi connectivity index (χ2v) is 5.01. The third-order valence-corrected chi connectivity index (χ3v) is 3.43. The van der Waals surface area contributed by atoms with Gasteiger partial charge in [-0.1, -0.05) is 0 Å². The minimum atomic E-state index is -0.327. The lowest BCUT2D eigenvalue weighted by Gasteiger charge is -2.22. The van der Waals surface area contributed by atoms with Gasteiger partial charge in [0, 0.05) is 50.0 Å². The Labute approximate surface area is 134 Å². The van der Waals surface area contributed by atoms with Crippen LogP contribution in [0.4, 0.5) is 0 Å². The Morgan fingerprint density at radius 2 is 1.96 bits per heavy atom. The van der Waals surface area contributed by atoms with E-state index in [1.165, 1.54) is 7.11 Å². The molecule has 23 heavy (non-hydrogen) atoms. The molecular formula is C16H20N4O3. The number of amides is 1. The number of ether oxygens (including phenoxy) is 1. The molecule has 0 bridgehead atoms. The van der Waals surface area contributed by atoms with Gasteiger partial charge in [-0.25, -0.2) is 4.98 Å². The molecule has 2 aromatic rings. The molecular weight excluding hydrogens is 296 g/mol. The first-order valence-electron chi connectivity index (χ1n) is 7.42. The van der Waals surface area contributed by atoms with Crippen molar-refractivity contribution in [2.45, 2.75) is 19.4 Å². The first-order chi connectivity index (χ1) is 11.2. The molecule has 1 amide bonds. The Morgan fingerprint density at radius 3 is 2.61 bits per heavy atom. The minimum Gasteiger partial charge on any atom is -0.469 e. The highest BCUT2D eigenvalue weighted by Gasteiger charge is 2.16. The molecule has 0 aliphatic heterocycles. The highest BCUT2D eigenvalue weighted by Crippen LogP contribution is 2.06. The largest absolute Gasteiger partial charge is 0.469 e. The van der Waals surface area contributed by atoms with Crippen molar-refractivity contribution >= 4 is 11.9 Å². The minimum absolute atomic E-state index is 0.109. The van der Waals surface area contributed by atoms with Crippen molar-refractivity contribution in [3.8, 4) is 0 Å². The van der Waals surface area contributed by atoms with Gasteiger partial charge in [-0.2, -0.15) is 0 Å². The standard InChI is InChI=1S/C16H20N4O3/c1-23-15(21)5-11-20(10-2-9-19-12-8-18-13-19)16(22)14-3-6-17-7-4-14/h3-4,6-8,12-13H,2,5,9-11H2,1H3. The van der Waals surface area contributed by atoms with Crippen LogP contribution in [0.1, 0.15) is 23.2 Å². The maximum atomic E-state index is 12.6. The van der Waals surface area contributed by atoms with E-state index in [0.717, 1.165) is 13.0 Å². The number of carbonyl (C=O) groups excluding carboxylic acids is 2. The summed E-state index contributed by atoms with van der Waals surface area (Å²) in [4.78, 5) is 33.5. The molecule has 0 N–H and O–H groups in total. The zero-order valence-corrected chi connectivity index (χ0v) is 13.1. The number of pyridine rings is 1. The molecule has 2 rings (SSSR count).